The van der Waals surface area contributed by atoms with Crippen molar-refractivity contribution in [3.05, 3.63) is 6.33 Å². The zero-order valence-corrected chi connectivity index (χ0v) is 10.6. The molecule has 0 spiro atoms. The van der Waals surface area contributed by atoms with Crippen LogP contribution in [0.1, 0.15) is 19.8 Å². The Labute approximate surface area is 105 Å². The number of anilines is 2. The number of fused-ring (bicyclic) bond motifs is 1. The fourth-order valence-electron chi connectivity index (χ4n) is 1.89. The Kier molecular flexibility index (Phi) is 3.93. The molecule has 7 heteroatoms. The van der Waals surface area contributed by atoms with Gasteiger partial charge in [-0.2, -0.15) is 9.97 Å². The number of nitrogen functional groups attached to an aromatic ring is 1. The van der Waals surface area contributed by atoms with Crippen molar-refractivity contribution in [2.24, 2.45) is 0 Å². The zero-order valence-electron chi connectivity index (χ0n) is 10.6. The van der Waals surface area contributed by atoms with Gasteiger partial charge < -0.3 is 20.8 Å². The van der Waals surface area contributed by atoms with Gasteiger partial charge in [-0.25, -0.2) is 4.98 Å². The number of nitrogens with zero attached hydrogens (tertiary/aromatic N) is 3. The van der Waals surface area contributed by atoms with E-state index in [9.17, 15) is 0 Å². The molecule has 0 radical (unpaired) electrons. The molecule has 0 saturated heterocycles. The van der Waals surface area contributed by atoms with Gasteiger partial charge in [-0.15, -0.1) is 0 Å². The second-order valence-electron chi connectivity index (χ2n) is 4.12. The summed E-state index contributed by atoms with van der Waals surface area (Å²) in [5, 5.41) is 3.32. The number of H-pyrrole nitrogens is 1. The first-order valence-corrected chi connectivity index (χ1v) is 5.96. The van der Waals surface area contributed by atoms with E-state index in [2.05, 4.69) is 32.2 Å². The highest BCUT2D eigenvalue weighted by Crippen LogP contribution is 2.19. The summed E-state index contributed by atoms with van der Waals surface area (Å²) in [6.07, 6.45) is 3.64. The number of nitrogens with two attached hydrogens (primary N) is 1. The zero-order chi connectivity index (χ0) is 13.0. The average molecular weight is 250 g/mol. The predicted molar refractivity (Wildman–Crippen MR) is 70.3 cm³/mol. The van der Waals surface area contributed by atoms with Crippen LogP contribution in [-0.4, -0.2) is 39.7 Å². The molecule has 0 amide bonds. The van der Waals surface area contributed by atoms with Crippen LogP contribution in [0.25, 0.3) is 11.2 Å². The molecule has 18 heavy (non-hydrogen) atoms. The van der Waals surface area contributed by atoms with Gasteiger partial charge >= 0.3 is 0 Å². The molecule has 0 aliphatic heterocycles. The molecular weight excluding hydrogens is 232 g/mol. The van der Waals surface area contributed by atoms with E-state index in [1.54, 1.807) is 13.4 Å². The number of hydrogen-bond donors (Lipinski definition) is 3. The minimum Gasteiger partial charge on any atom is -0.383 e. The molecule has 0 fully saturated rings. The summed E-state index contributed by atoms with van der Waals surface area (Å²) in [5.41, 5.74) is 6.99. The van der Waals surface area contributed by atoms with E-state index in [0.29, 0.717) is 18.1 Å². The molecule has 2 aromatic rings. The van der Waals surface area contributed by atoms with Crippen LogP contribution in [-0.2, 0) is 4.74 Å². The van der Waals surface area contributed by atoms with Crippen molar-refractivity contribution in [1.29, 1.82) is 0 Å². The van der Waals surface area contributed by atoms with E-state index < -0.39 is 0 Å². The van der Waals surface area contributed by atoms with Crippen molar-refractivity contribution in [2.45, 2.75) is 25.8 Å². The lowest BCUT2D eigenvalue weighted by Gasteiger charge is -2.18. The van der Waals surface area contributed by atoms with Crippen molar-refractivity contribution >= 4 is 22.9 Å². The molecule has 0 aromatic carbocycles. The molecule has 0 aliphatic carbocycles. The summed E-state index contributed by atoms with van der Waals surface area (Å²) < 4.78 is 5.19. The number of methoxy groups -OCH3 is 1. The summed E-state index contributed by atoms with van der Waals surface area (Å²) in [6.45, 7) is 2.75. The fraction of sp³-hybridized carbons (Fsp3) is 0.545. The predicted octanol–water partition coefficient (Wildman–Crippen LogP) is 1.16. The first-order chi connectivity index (χ1) is 8.74. The van der Waals surface area contributed by atoms with Crippen molar-refractivity contribution < 1.29 is 4.74 Å². The minimum atomic E-state index is 0.195. The fourth-order valence-corrected chi connectivity index (χ4v) is 1.89. The lowest BCUT2D eigenvalue weighted by atomic mass is 10.2. The van der Waals surface area contributed by atoms with Gasteiger partial charge in [0.2, 0.25) is 5.95 Å². The lowest BCUT2D eigenvalue weighted by molar-refractivity contribution is 0.182. The van der Waals surface area contributed by atoms with Crippen molar-refractivity contribution in [1.82, 2.24) is 19.9 Å². The molecule has 0 bridgehead atoms. The van der Waals surface area contributed by atoms with Gasteiger partial charge in [0.15, 0.2) is 11.5 Å². The number of aromatic nitrogens is 4. The van der Waals surface area contributed by atoms with Gasteiger partial charge in [-0.05, 0) is 6.42 Å². The minimum absolute atomic E-state index is 0.195. The number of aromatic amines is 1. The number of nitrogens with one attached hydrogen (secondary N) is 2. The Balaban J connectivity index is 2.26. The number of rotatable bonds is 6. The van der Waals surface area contributed by atoms with Crippen LogP contribution >= 0.6 is 0 Å². The molecule has 1 atom stereocenters. The van der Waals surface area contributed by atoms with Crippen LogP contribution in [0.4, 0.5) is 11.8 Å². The van der Waals surface area contributed by atoms with Gasteiger partial charge in [-0.3, -0.25) is 0 Å². The maximum Gasteiger partial charge on any atom is 0.224 e. The second kappa shape index (κ2) is 5.63. The normalized spacial score (nSPS) is 12.8. The van der Waals surface area contributed by atoms with E-state index in [4.69, 9.17) is 10.5 Å². The first-order valence-electron chi connectivity index (χ1n) is 5.96. The lowest BCUT2D eigenvalue weighted by Crippen LogP contribution is -2.25. The average Bonchev–Trinajstić information content (AvgIpc) is 2.77. The highest BCUT2D eigenvalue weighted by Gasteiger charge is 2.13. The van der Waals surface area contributed by atoms with Gasteiger partial charge in [0.25, 0.3) is 0 Å². The number of ether oxygens (including phenoxy) is 1. The topological polar surface area (TPSA) is 102 Å². The maximum absolute atomic E-state index is 5.66. The van der Waals surface area contributed by atoms with E-state index in [1.807, 2.05) is 0 Å². The second-order valence-corrected chi connectivity index (χ2v) is 4.12. The van der Waals surface area contributed by atoms with Crippen LogP contribution in [0, 0.1) is 0 Å². The maximum atomic E-state index is 5.66. The molecule has 2 heterocycles. The summed E-state index contributed by atoms with van der Waals surface area (Å²) in [4.78, 5) is 15.3. The van der Waals surface area contributed by atoms with Crippen molar-refractivity contribution in [2.75, 3.05) is 24.8 Å². The summed E-state index contributed by atoms with van der Waals surface area (Å²) >= 11 is 0. The molecule has 2 rings (SSSR count). The van der Waals surface area contributed by atoms with E-state index in [1.165, 1.54) is 0 Å². The highest BCUT2D eigenvalue weighted by atomic mass is 16.5. The van der Waals surface area contributed by atoms with E-state index >= 15 is 0 Å². The van der Waals surface area contributed by atoms with Crippen molar-refractivity contribution in [3.63, 3.8) is 0 Å². The molecule has 0 saturated carbocycles. The van der Waals surface area contributed by atoms with Crippen LogP contribution in [0.5, 0.6) is 0 Å². The molecule has 4 N–H and O–H groups in total. The molecule has 98 valence electrons. The molecular formula is C11H18N6O. The molecule has 0 aliphatic rings. The van der Waals surface area contributed by atoms with Crippen LogP contribution in [0.15, 0.2) is 6.33 Å². The Bertz CT molecular complexity index is 505. The van der Waals surface area contributed by atoms with Gasteiger partial charge in [0.05, 0.1) is 19.0 Å². The van der Waals surface area contributed by atoms with E-state index in [0.717, 1.165) is 18.4 Å². The van der Waals surface area contributed by atoms with Crippen molar-refractivity contribution in [3.8, 4) is 0 Å². The first kappa shape index (κ1) is 12.6. The van der Waals surface area contributed by atoms with E-state index in [-0.39, 0.29) is 12.0 Å². The largest absolute Gasteiger partial charge is 0.383 e. The summed E-state index contributed by atoms with van der Waals surface area (Å²) in [5.74, 6) is 0.885. The SMILES string of the molecule is CCCC(COC)Nc1nc(N)nc2nc[nH]c12. The Morgan fingerprint density at radius 3 is 3.06 bits per heavy atom. The standard InChI is InChI=1S/C11H18N6O/c1-3-4-7(5-18-2)15-10-8-9(14-6-13-8)16-11(12)17-10/h6-7H,3-5H2,1-2H3,(H4,12,13,14,15,16,17). The third-order valence-electron chi connectivity index (χ3n) is 2.65. The Morgan fingerprint density at radius 1 is 1.50 bits per heavy atom. The third-order valence-corrected chi connectivity index (χ3v) is 2.65. The number of hydrogen-bond acceptors (Lipinski definition) is 6. The van der Waals surface area contributed by atoms with Gasteiger partial charge in [-0.1, -0.05) is 13.3 Å². The van der Waals surface area contributed by atoms with Gasteiger partial charge in [0, 0.05) is 7.11 Å². The van der Waals surface area contributed by atoms with Crippen LogP contribution in [0.3, 0.4) is 0 Å². The van der Waals surface area contributed by atoms with Crippen LogP contribution < -0.4 is 11.1 Å². The third kappa shape index (κ3) is 2.67. The highest BCUT2D eigenvalue weighted by molar-refractivity contribution is 5.83. The summed E-state index contributed by atoms with van der Waals surface area (Å²) in [7, 11) is 1.68. The quantitative estimate of drug-likeness (QED) is 0.711. The smallest absolute Gasteiger partial charge is 0.224 e. The van der Waals surface area contributed by atoms with Gasteiger partial charge in [0.1, 0.15) is 5.52 Å². The summed E-state index contributed by atoms with van der Waals surface area (Å²) in [6, 6.07) is 0.195. The number of imidazole rings is 1. The Hall–Kier alpha value is -1.89. The van der Waals surface area contributed by atoms with Crippen LogP contribution in [0.2, 0.25) is 0 Å². The molecule has 7 nitrogen and oxygen atoms in total. The monoisotopic (exact) mass is 250 g/mol. The molecule has 1 unspecified atom stereocenters. The Morgan fingerprint density at radius 2 is 2.33 bits per heavy atom. The molecule has 2 aromatic heterocycles.